The zero-order valence-corrected chi connectivity index (χ0v) is 11.4. The van der Waals surface area contributed by atoms with E-state index in [4.69, 9.17) is 4.42 Å². The predicted molar refractivity (Wildman–Crippen MR) is 74.6 cm³/mol. The highest BCUT2D eigenvalue weighted by Crippen LogP contribution is 2.37. The summed E-state index contributed by atoms with van der Waals surface area (Å²) in [6.45, 7) is 7.78. The number of para-hydroxylation sites is 1. The maximum atomic E-state index is 5.98. The molecule has 1 saturated carbocycles. The molecular weight excluding hydrogens is 222 g/mol. The lowest BCUT2D eigenvalue weighted by Crippen LogP contribution is -2.21. The molecule has 2 nitrogen and oxygen atoms in total. The Bertz CT molecular complexity index is 557. The highest BCUT2D eigenvalue weighted by Gasteiger charge is 2.32. The van der Waals surface area contributed by atoms with Crippen molar-refractivity contribution < 1.29 is 4.42 Å². The number of rotatable bonds is 4. The van der Waals surface area contributed by atoms with Crippen molar-refractivity contribution >= 4 is 11.0 Å². The Morgan fingerprint density at radius 3 is 2.78 bits per heavy atom. The van der Waals surface area contributed by atoms with Crippen LogP contribution in [0.2, 0.25) is 0 Å². The van der Waals surface area contributed by atoms with Gasteiger partial charge in [0.25, 0.3) is 0 Å². The molecule has 1 aliphatic rings. The summed E-state index contributed by atoms with van der Waals surface area (Å²) >= 11 is 0. The maximum Gasteiger partial charge on any atom is 0.134 e. The average Bonchev–Trinajstić information content (AvgIpc) is 2.98. The molecule has 0 amide bonds. The smallest absolute Gasteiger partial charge is 0.134 e. The van der Waals surface area contributed by atoms with Crippen LogP contribution in [0.15, 0.2) is 28.7 Å². The highest BCUT2D eigenvalue weighted by atomic mass is 16.3. The van der Waals surface area contributed by atoms with E-state index < -0.39 is 0 Å². The minimum absolute atomic E-state index is 0.296. The molecule has 1 fully saturated rings. The van der Waals surface area contributed by atoms with Gasteiger partial charge in [-0.05, 0) is 50.3 Å². The van der Waals surface area contributed by atoms with Crippen LogP contribution in [0, 0.1) is 18.8 Å². The fourth-order valence-electron chi connectivity index (χ4n) is 2.71. The zero-order chi connectivity index (χ0) is 12.7. The largest absolute Gasteiger partial charge is 0.459 e. The van der Waals surface area contributed by atoms with Gasteiger partial charge in [0, 0.05) is 5.39 Å². The zero-order valence-electron chi connectivity index (χ0n) is 11.4. The maximum absolute atomic E-state index is 5.98. The van der Waals surface area contributed by atoms with Gasteiger partial charge in [-0.25, -0.2) is 0 Å². The van der Waals surface area contributed by atoms with Crippen molar-refractivity contribution in [1.82, 2.24) is 5.32 Å². The van der Waals surface area contributed by atoms with E-state index in [2.05, 4.69) is 38.2 Å². The van der Waals surface area contributed by atoms with Crippen molar-refractivity contribution in [3.05, 3.63) is 35.6 Å². The Labute approximate surface area is 108 Å². The molecule has 3 rings (SSSR count). The minimum Gasteiger partial charge on any atom is -0.459 e. The van der Waals surface area contributed by atoms with Gasteiger partial charge in [-0.3, -0.25) is 0 Å². The summed E-state index contributed by atoms with van der Waals surface area (Å²) in [6, 6.07) is 8.57. The van der Waals surface area contributed by atoms with E-state index in [1.165, 1.54) is 17.4 Å². The van der Waals surface area contributed by atoms with Crippen LogP contribution in [0.1, 0.15) is 37.6 Å². The van der Waals surface area contributed by atoms with Crippen LogP contribution in [-0.4, -0.2) is 6.54 Å². The molecule has 3 unspecified atom stereocenters. The van der Waals surface area contributed by atoms with E-state index >= 15 is 0 Å². The third-order valence-electron chi connectivity index (χ3n) is 4.24. The Kier molecular flexibility index (Phi) is 2.90. The lowest BCUT2D eigenvalue weighted by molar-refractivity contribution is 0.438. The second kappa shape index (κ2) is 4.43. The molecule has 2 aromatic rings. The summed E-state index contributed by atoms with van der Waals surface area (Å²) in [4.78, 5) is 0. The summed E-state index contributed by atoms with van der Waals surface area (Å²) in [6.07, 6.45) is 1.37. The number of aryl methyl sites for hydroxylation is 1. The molecule has 18 heavy (non-hydrogen) atoms. The molecule has 0 saturated heterocycles. The van der Waals surface area contributed by atoms with Gasteiger partial charge in [-0.2, -0.15) is 0 Å². The standard InChI is InChI=1S/C16H21NO/c1-10-8-13(10)9-17-12(3)16-11(2)14-6-4-5-7-15(14)18-16/h4-7,10,12-13,17H,8-9H2,1-3H3. The lowest BCUT2D eigenvalue weighted by Gasteiger charge is -2.12. The van der Waals surface area contributed by atoms with E-state index in [0.29, 0.717) is 6.04 Å². The summed E-state index contributed by atoms with van der Waals surface area (Å²) in [7, 11) is 0. The van der Waals surface area contributed by atoms with Gasteiger partial charge in [-0.15, -0.1) is 0 Å². The first-order valence-corrected chi connectivity index (χ1v) is 6.88. The molecule has 1 aliphatic carbocycles. The second-order valence-corrected chi connectivity index (χ2v) is 5.69. The second-order valence-electron chi connectivity index (χ2n) is 5.69. The number of furan rings is 1. The van der Waals surface area contributed by atoms with Crippen molar-refractivity contribution in [1.29, 1.82) is 0 Å². The van der Waals surface area contributed by atoms with Gasteiger partial charge in [-0.1, -0.05) is 25.1 Å². The van der Waals surface area contributed by atoms with E-state index in [1.807, 2.05) is 12.1 Å². The lowest BCUT2D eigenvalue weighted by atomic mass is 10.1. The molecule has 1 N–H and O–H groups in total. The fraction of sp³-hybridized carbons (Fsp3) is 0.500. The van der Waals surface area contributed by atoms with Gasteiger partial charge in [0.05, 0.1) is 6.04 Å². The first-order chi connectivity index (χ1) is 8.66. The van der Waals surface area contributed by atoms with Crippen LogP contribution < -0.4 is 5.32 Å². The average molecular weight is 243 g/mol. The number of nitrogens with one attached hydrogen (secondary N) is 1. The van der Waals surface area contributed by atoms with Gasteiger partial charge >= 0.3 is 0 Å². The number of fused-ring (bicyclic) bond motifs is 1. The molecule has 0 bridgehead atoms. The van der Waals surface area contributed by atoms with Gasteiger partial charge in [0.2, 0.25) is 0 Å². The molecule has 96 valence electrons. The number of hydrogen-bond donors (Lipinski definition) is 1. The third kappa shape index (κ3) is 2.05. The van der Waals surface area contributed by atoms with Crippen molar-refractivity contribution in [2.24, 2.45) is 11.8 Å². The quantitative estimate of drug-likeness (QED) is 0.876. The summed E-state index contributed by atoms with van der Waals surface area (Å²) < 4.78 is 5.98. The van der Waals surface area contributed by atoms with E-state index in [0.717, 1.165) is 29.7 Å². The summed E-state index contributed by atoms with van der Waals surface area (Å²) in [5, 5.41) is 4.84. The normalized spacial score (nSPS) is 24.4. The predicted octanol–water partition coefficient (Wildman–Crippen LogP) is 4.05. The van der Waals surface area contributed by atoms with Gasteiger partial charge in [0.1, 0.15) is 11.3 Å². The summed E-state index contributed by atoms with van der Waals surface area (Å²) in [5.74, 6) is 2.86. The van der Waals surface area contributed by atoms with E-state index in [-0.39, 0.29) is 0 Å². The molecule has 1 aromatic carbocycles. The Hall–Kier alpha value is -1.28. The van der Waals surface area contributed by atoms with E-state index in [9.17, 15) is 0 Å². The number of benzene rings is 1. The van der Waals surface area contributed by atoms with E-state index in [1.54, 1.807) is 0 Å². The van der Waals surface area contributed by atoms with Gasteiger partial charge < -0.3 is 9.73 Å². The molecular formula is C16H21NO. The SMILES string of the molecule is Cc1c(C(C)NCC2CC2C)oc2ccccc12. The fourth-order valence-corrected chi connectivity index (χ4v) is 2.71. The Balaban J connectivity index is 1.78. The molecule has 3 atom stereocenters. The highest BCUT2D eigenvalue weighted by molar-refractivity contribution is 5.82. The van der Waals surface area contributed by atoms with Crippen LogP contribution in [0.4, 0.5) is 0 Å². The van der Waals surface area contributed by atoms with Crippen LogP contribution in [0.25, 0.3) is 11.0 Å². The first kappa shape index (κ1) is 11.8. The Morgan fingerprint density at radius 2 is 2.11 bits per heavy atom. The van der Waals surface area contributed by atoms with Crippen molar-refractivity contribution in [3.8, 4) is 0 Å². The van der Waals surface area contributed by atoms with Crippen LogP contribution in [0.3, 0.4) is 0 Å². The third-order valence-corrected chi connectivity index (χ3v) is 4.24. The number of hydrogen-bond acceptors (Lipinski definition) is 2. The van der Waals surface area contributed by atoms with Gasteiger partial charge in [0.15, 0.2) is 0 Å². The molecule has 0 radical (unpaired) electrons. The topological polar surface area (TPSA) is 25.2 Å². The monoisotopic (exact) mass is 243 g/mol. The molecule has 2 heteroatoms. The first-order valence-electron chi connectivity index (χ1n) is 6.88. The Morgan fingerprint density at radius 1 is 1.39 bits per heavy atom. The minimum atomic E-state index is 0.296. The molecule has 1 aromatic heterocycles. The van der Waals surface area contributed by atoms with Crippen molar-refractivity contribution in [2.45, 2.75) is 33.2 Å². The molecule has 1 heterocycles. The van der Waals surface area contributed by atoms with Crippen LogP contribution in [-0.2, 0) is 0 Å². The molecule has 0 spiro atoms. The summed E-state index contributed by atoms with van der Waals surface area (Å²) in [5.41, 5.74) is 2.27. The van der Waals surface area contributed by atoms with Crippen molar-refractivity contribution in [3.63, 3.8) is 0 Å². The van der Waals surface area contributed by atoms with Crippen LogP contribution >= 0.6 is 0 Å². The van der Waals surface area contributed by atoms with Crippen LogP contribution in [0.5, 0.6) is 0 Å². The molecule has 0 aliphatic heterocycles. The van der Waals surface area contributed by atoms with Crippen molar-refractivity contribution in [2.75, 3.05) is 6.54 Å².